The molecule has 12 heteroatoms. The zero-order chi connectivity index (χ0) is 27.2. The lowest BCUT2D eigenvalue weighted by Gasteiger charge is -2.30. The number of halogens is 2. The lowest BCUT2D eigenvalue weighted by Crippen LogP contribution is -2.51. The standard InChI is InChI=1S/C27H34Cl2N8O2/c28-21-6-3-7-22(29)20(21)14-34-26-25(30)33-15-24(36-26)17-13-35-37(16-17)11-10-31-18-8-9-32-23(12-18)27(38)39-19-4-1-2-5-19/h3,6-7,13,15-16,18-19,23,31-32H,1-2,4-5,8-12,14H2,(H2,30,33)(H,34,36)/t18?,23-/m1/s1. The fourth-order valence-corrected chi connectivity index (χ4v) is 5.61. The van der Waals surface area contributed by atoms with Gasteiger partial charge < -0.3 is 26.4 Å². The zero-order valence-corrected chi connectivity index (χ0v) is 23.2. The van der Waals surface area contributed by atoms with Crippen molar-refractivity contribution in [2.24, 2.45) is 0 Å². The third kappa shape index (κ3) is 7.19. The maximum atomic E-state index is 12.6. The van der Waals surface area contributed by atoms with Crippen molar-refractivity contribution in [3.63, 3.8) is 0 Å². The summed E-state index contributed by atoms with van der Waals surface area (Å²) in [6, 6.07) is 5.38. The van der Waals surface area contributed by atoms with Gasteiger partial charge in [0, 0.05) is 46.5 Å². The van der Waals surface area contributed by atoms with Gasteiger partial charge in [-0.15, -0.1) is 0 Å². The molecular weight excluding hydrogens is 539 g/mol. The average Bonchev–Trinajstić information content (AvgIpc) is 3.62. The van der Waals surface area contributed by atoms with Crippen LogP contribution in [0.4, 0.5) is 11.6 Å². The number of nitrogens with two attached hydrogens (primary N) is 1. The predicted octanol–water partition coefficient (Wildman–Crippen LogP) is 4.04. The molecule has 10 nitrogen and oxygen atoms in total. The molecule has 0 radical (unpaired) electrons. The zero-order valence-electron chi connectivity index (χ0n) is 21.7. The van der Waals surface area contributed by atoms with Gasteiger partial charge in [0.1, 0.15) is 12.1 Å². The van der Waals surface area contributed by atoms with Gasteiger partial charge in [0.2, 0.25) is 0 Å². The number of carbonyl (C=O) groups is 1. The van der Waals surface area contributed by atoms with Crippen molar-refractivity contribution in [3.05, 3.63) is 52.4 Å². The van der Waals surface area contributed by atoms with E-state index >= 15 is 0 Å². The Morgan fingerprint density at radius 3 is 2.77 bits per heavy atom. The van der Waals surface area contributed by atoms with E-state index in [4.69, 9.17) is 33.7 Å². The van der Waals surface area contributed by atoms with Crippen LogP contribution in [0.5, 0.6) is 0 Å². The number of esters is 1. The number of anilines is 2. The summed E-state index contributed by atoms with van der Waals surface area (Å²) in [6.07, 6.45) is 11.4. The van der Waals surface area contributed by atoms with E-state index in [2.05, 4.69) is 31.0 Å². The van der Waals surface area contributed by atoms with Gasteiger partial charge in [-0.2, -0.15) is 5.10 Å². The molecule has 39 heavy (non-hydrogen) atoms. The first kappa shape index (κ1) is 27.6. The summed E-state index contributed by atoms with van der Waals surface area (Å²) in [5, 5.41) is 15.7. The molecule has 3 aromatic rings. The molecule has 1 saturated carbocycles. The van der Waals surface area contributed by atoms with Gasteiger partial charge in [-0.05, 0) is 57.2 Å². The normalized spacial score (nSPS) is 19.7. The number of nitrogens with one attached hydrogen (secondary N) is 3. The summed E-state index contributed by atoms with van der Waals surface area (Å²) in [5.41, 5.74) is 8.30. The smallest absolute Gasteiger partial charge is 0.323 e. The van der Waals surface area contributed by atoms with Crippen LogP contribution in [0.2, 0.25) is 10.0 Å². The highest BCUT2D eigenvalue weighted by Crippen LogP contribution is 2.27. The van der Waals surface area contributed by atoms with Crippen LogP contribution in [0.25, 0.3) is 11.3 Å². The second-order valence-corrected chi connectivity index (χ2v) is 10.9. The summed E-state index contributed by atoms with van der Waals surface area (Å²) in [4.78, 5) is 21.5. The number of piperidine rings is 1. The highest BCUT2D eigenvalue weighted by Gasteiger charge is 2.30. The maximum Gasteiger partial charge on any atom is 0.323 e. The summed E-state index contributed by atoms with van der Waals surface area (Å²) in [6.45, 7) is 2.57. The molecule has 1 aliphatic heterocycles. The van der Waals surface area contributed by atoms with Gasteiger partial charge >= 0.3 is 5.97 Å². The molecule has 5 rings (SSSR count). The first-order valence-electron chi connectivity index (χ1n) is 13.5. The molecule has 3 heterocycles. The molecule has 1 unspecified atom stereocenters. The molecule has 0 spiro atoms. The Balaban J connectivity index is 1.12. The number of hydrogen-bond donors (Lipinski definition) is 4. The van der Waals surface area contributed by atoms with E-state index < -0.39 is 0 Å². The number of nitrogen functional groups attached to an aromatic ring is 1. The fraction of sp³-hybridized carbons (Fsp3) is 0.481. The van der Waals surface area contributed by atoms with Gasteiger partial charge in [0.15, 0.2) is 11.6 Å². The molecular formula is C27H34Cl2N8O2. The van der Waals surface area contributed by atoms with E-state index in [1.807, 2.05) is 10.9 Å². The van der Waals surface area contributed by atoms with Crippen LogP contribution < -0.4 is 21.7 Å². The van der Waals surface area contributed by atoms with Crippen LogP contribution in [0.15, 0.2) is 36.8 Å². The highest BCUT2D eigenvalue weighted by molar-refractivity contribution is 6.36. The minimum atomic E-state index is -0.242. The number of aromatic nitrogens is 4. The third-order valence-corrected chi connectivity index (χ3v) is 7.98. The number of hydrogen-bond acceptors (Lipinski definition) is 9. The Morgan fingerprint density at radius 2 is 1.97 bits per heavy atom. The molecule has 1 aromatic carbocycles. The monoisotopic (exact) mass is 572 g/mol. The highest BCUT2D eigenvalue weighted by atomic mass is 35.5. The Bertz CT molecular complexity index is 1260. The first-order valence-corrected chi connectivity index (χ1v) is 14.2. The topological polar surface area (TPSA) is 132 Å². The summed E-state index contributed by atoms with van der Waals surface area (Å²) in [5.74, 6) is 0.620. The van der Waals surface area contributed by atoms with Gasteiger partial charge in [0.05, 0.1) is 24.6 Å². The van der Waals surface area contributed by atoms with Crippen LogP contribution >= 0.6 is 23.2 Å². The van der Waals surface area contributed by atoms with Gasteiger partial charge in [-0.3, -0.25) is 9.48 Å². The molecule has 1 aliphatic carbocycles. The largest absolute Gasteiger partial charge is 0.461 e. The molecule has 0 bridgehead atoms. The second kappa shape index (κ2) is 13.0. The Morgan fingerprint density at radius 1 is 1.18 bits per heavy atom. The number of carbonyl (C=O) groups excluding carboxylic acids is 1. The van der Waals surface area contributed by atoms with Crippen LogP contribution in [0, 0.1) is 0 Å². The number of ether oxygens (including phenoxy) is 1. The van der Waals surface area contributed by atoms with E-state index in [1.54, 1.807) is 30.6 Å². The lowest BCUT2D eigenvalue weighted by atomic mass is 9.99. The third-order valence-electron chi connectivity index (χ3n) is 7.27. The van der Waals surface area contributed by atoms with E-state index in [9.17, 15) is 4.79 Å². The number of benzene rings is 1. The van der Waals surface area contributed by atoms with Crippen molar-refractivity contribution in [3.8, 4) is 11.3 Å². The minimum absolute atomic E-state index is 0.0973. The van der Waals surface area contributed by atoms with Crippen molar-refractivity contribution in [1.82, 2.24) is 30.4 Å². The summed E-state index contributed by atoms with van der Waals surface area (Å²) in [7, 11) is 0. The van der Waals surface area contributed by atoms with Crippen LogP contribution in [0.1, 0.15) is 44.1 Å². The SMILES string of the molecule is Nc1ncc(-c2cnn(CCNC3CCN[C@@H](C(=O)OC4CCCC4)C3)c2)nc1NCc1c(Cl)cccc1Cl. The average molecular weight is 574 g/mol. The van der Waals surface area contributed by atoms with E-state index in [0.717, 1.165) is 62.7 Å². The fourth-order valence-electron chi connectivity index (χ4n) is 5.08. The molecule has 2 aromatic heterocycles. The first-order chi connectivity index (χ1) is 19.0. The van der Waals surface area contributed by atoms with Crippen LogP contribution in [-0.4, -0.2) is 57.0 Å². The quantitative estimate of drug-likeness (QED) is 0.266. The van der Waals surface area contributed by atoms with Gasteiger partial charge in [-0.1, -0.05) is 29.3 Å². The molecule has 0 amide bonds. The van der Waals surface area contributed by atoms with Crippen molar-refractivity contribution >= 4 is 40.8 Å². The predicted molar refractivity (Wildman–Crippen MR) is 153 cm³/mol. The van der Waals surface area contributed by atoms with Crippen LogP contribution in [0.3, 0.4) is 0 Å². The van der Waals surface area contributed by atoms with E-state index in [0.29, 0.717) is 34.6 Å². The van der Waals surface area contributed by atoms with Gasteiger partial charge in [0.25, 0.3) is 0 Å². The lowest BCUT2D eigenvalue weighted by molar-refractivity contribution is -0.152. The summed E-state index contributed by atoms with van der Waals surface area (Å²) >= 11 is 12.6. The van der Waals surface area contributed by atoms with Crippen molar-refractivity contribution in [2.45, 2.75) is 69.8 Å². The Kier molecular flexibility index (Phi) is 9.18. The van der Waals surface area contributed by atoms with Crippen molar-refractivity contribution in [2.75, 3.05) is 24.1 Å². The molecule has 5 N–H and O–H groups in total. The molecule has 208 valence electrons. The van der Waals surface area contributed by atoms with Crippen molar-refractivity contribution in [1.29, 1.82) is 0 Å². The van der Waals surface area contributed by atoms with Gasteiger partial charge in [-0.25, -0.2) is 9.97 Å². The van der Waals surface area contributed by atoms with Crippen LogP contribution in [-0.2, 0) is 22.6 Å². The van der Waals surface area contributed by atoms with E-state index in [1.165, 1.54) is 0 Å². The second-order valence-electron chi connectivity index (χ2n) is 10.1. The minimum Gasteiger partial charge on any atom is -0.461 e. The Labute approximate surface area is 238 Å². The molecule has 2 atom stereocenters. The number of rotatable bonds is 10. The van der Waals surface area contributed by atoms with E-state index in [-0.39, 0.29) is 30.0 Å². The van der Waals surface area contributed by atoms with Crippen molar-refractivity contribution < 1.29 is 9.53 Å². The molecule has 2 aliphatic rings. The molecule has 1 saturated heterocycles. The Hall–Kier alpha value is -2.92. The molecule has 2 fully saturated rings. The number of nitrogens with zero attached hydrogens (tertiary/aromatic N) is 4. The summed E-state index contributed by atoms with van der Waals surface area (Å²) < 4.78 is 7.57. The maximum absolute atomic E-state index is 12.6.